The first-order chi connectivity index (χ1) is 14.0. The van der Waals surface area contributed by atoms with Gasteiger partial charge in [-0.25, -0.2) is 13.2 Å². The predicted molar refractivity (Wildman–Crippen MR) is 109 cm³/mol. The van der Waals surface area contributed by atoms with Crippen molar-refractivity contribution >= 4 is 0 Å². The van der Waals surface area contributed by atoms with Gasteiger partial charge >= 0.3 is 0 Å². The fourth-order valence-electron chi connectivity index (χ4n) is 5.36. The van der Waals surface area contributed by atoms with Gasteiger partial charge in [0.2, 0.25) is 0 Å². The Kier molecular flexibility index (Phi) is 5.71. The molecular weight excluding hydrogens is 373 g/mol. The van der Waals surface area contributed by atoms with Crippen LogP contribution in [0.4, 0.5) is 13.2 Å². The average Bonchev–Trinajstić information content (AvgIpc) is 2.74. The lowest BCUT2D eigenvalue weighted by Crippen LogP contribution is -2.30. The van der Waals surface area contributed by atoms with Crippen molar-refractivity contribution in [3.8, 4) is 16.9 Å². The fraction of sp³-hybridized carbons (Fsp3) is 0.440. The summed E-state index contributed by atoms with van der Waals surface area (Å²) >= 11 is 0. The second-order valence-electron chi connectivity index (χ2n) is 8.52. The number of methoxy groups -OCH3 is 1. The molecule has 29 heavy (non-hydrogen) atoms. The average molecular weight is 400 g/mol. The topological polar surface area (TPSA) is 9.23 Å². The highest BCUT2D eigenvalue weighted by molar-refractivity contribution is 5.66. The second kappa shape index (κ2) is 8.25. The Morgan fingerprint density at radius 1 is 0.931 bits per heavy atom. The number of fused-ring (bicyclic) bond motifs is 1. The second-order valence-corrected chi connectivity index (χ2v) is 8.52. The maximum atomic E-state index is 15.0. The molecule has 2 aliphatic rings. The van der Waals surface area contributed by atoms with Crippen LogP contribution >= 0.6 is 0 Å². The van der Waals surface area contributed by atoms with Gasteiger partial charge in [-0.05, 0) is 85.5 Å². The minimum absolute atomic E-state index is 0.0488. The molecule has 2 aromatic carbocycles. The molecule has 154 valence electrons. The Bertz CT molecular complexity index is 907. The first-order valence-corrected chi connectivity index (χ1v) is 10.5. The van der Waals surface area contributed by atoms with Crippen molar-refractivity contribution in [2.24, 2.45) is 17.8 Å². The van der Waals surface area contributed by atoms with Crippen LogP contribution in [-0.2, 0) is 0 Å². The van der Waals surface area contributed by atoms with Gasteiger partial charge in [-0.2, -0.15) is 0 Å². The Morgan fingerprint density at radius 2 is 1.69 bits per heavy atom. The molecule has 2 aliphatic carbocycles. The number of hydrogen-bond acceptors (Lipinski definition) is 1. The van der Waals surface area contributed by atoms with E-state index in [1.165, 1.54) is 25.7 Å². The summed E-state index contributed by atoms with van der Waals surface area (Å²) in [6.45, 7) is 3.93. The van der Waals surface area contributed by atoms with E-state index in [1.807, 2.05) is 0 Å². The third-order valence-electron chi connectivity index (χ3n) is 7.00. The van der Waals surface area contributed by atoms with Gasteiger partial charge in [0.05, 0.1) is 7.11 Å². The minimum Gasteiger partial charge on any atom is -0.494 e. The van der Waals surface area contributed by atoms with Crippen LogP contribution < -0.4 is 4.74 Å². The van der Waals surface area contributed by atoms with E-state index in [2.05, 4.69) is 12.7 Å². The molecule has 4 unspecified atom stereocenters. The highest BCUT2D eigenvalue weighted by Crippen LogP contribution is 2.48. The van der Waals surface area contributed by atoms with E-state index in [0.717, 1.165) is 32.1 Å². The van der Waals surface area contributed by atoms with Crippen LogP contribution in [0.25, 0.3) is 11.1 Å². The molecule has 2 fully saturated rings. The van der Waals surface area contributed by atoms with Gasteiger partial charge in [-0.3, -0.25) is 0 Å². The largest absolute Gasteiger partial charge is 0.494 e. The molecule has 0 bridgehead atoms. The standard InChI is InChI=1S/C25H27F3O/c1-3-15-4-5-17-13-18(7-6-16(17)12-15)20-9-10-21(25(28)24(20)27)19-8-11-23(29-2)22(26)14-19/h3,8-11,14-18H,1,4-7,12-13H2,2H3. The highest BCUT2D eigenvalue weighted by atomic mass is 19.2. The van der Waals surface area contributed by atoms with Crippen molar-refractivity contribution in [2.75, 3.05) is 7.11 Å². The lowest BCUT2D eigenvalue weighted by atomic mass is 9.64. The van der Waals surface area contributed by atoms with E-state index in [1.54, 1.807) is 18.2 Å². The molecule has 0 spiro atoms. The van der Waals surface area contributed by atoms with Crippen molar-refractivity contribution in [1.29, 1.82) is 0 Å². The Hall–Kier alpha value is -2.23. The monoisotopic (exact) mass is 400 g/mol. The molecule has 2 saturated carbocycles. The van der Waals surface area contributed by atoms with Gasteiger partial charge in [0, 0.05) is 5.56 Å². The van der Waals surface area contributed by atoms with Crippen LogP contribution in [0.2, 0.25) is 0 Å². The lowest BCUT2D eigenvalue weighted by molar-refractivity contribution is 0.132. The summed E-state index contributed by atoms with van der Waals surface area (Å²) in [5, 5.41) is 0. The van der Waals surface area contributed by atoms with Gasteiger partial charge in [0.1, 0.15) is 0 Å². The number of allylic oxidation sites excluding steroid dienone is 1. The molecule has 0 amide bonds. The van der Waals surface area contributed by atoms with Gasteiger partial charge in [0.15, 0.2) is 23.2 Å². The predicted octanol–water partition coefficient (Wildman–Crippen LogP) is 7.27. The summed E-state index contributed by atoms with van der Waals surface area (Å²) in [6.07, 6.45) is 8.41. The molecule has 0 N–H and O–H groups in total. The summed E-state index contributed by atoms with van der Waals surface area (Å²) in [6, 6.07) is 7.42. The van der Waals surface area contributed by atoms with Gasteiger partial charge in [-0.1, -0.05) is 24.3 Å². The molecule has 2 aromatic rings. The Balaban J connectivity index is 1.57. The molecule has 0 saturated heterocycles. The van der Waals surface area contributed by atoms with Crippen molar-refractivity contribution in [3.63, 3.8) is 0 Å². The molecule has 0 aromatic heterocycles. The zero-order valence-electron chi connectivity index (χ0n) is 16.8. The van der Waals surface area contributed by atoms with Crippen molar-refractivity contribution in [3.05, 3.63) is 66.0 Å². The third-order valence-corrected chi connectivity index (χ3v) is 7.00. The zero-order chi connectivity index (χ0) is 20.5. The van der Waals surface area contributed by atoms with Gasteiger partial charge in [0.25, 0.3) is 0 Å². The SMILES string of the molecule is C=CC1CCC2CC(c3ccc(-c4ccc(OC)c(F)c4)c(F)c3F)CCC2C1. The molecule has 0 aliphatic heterocycles. The number of hydrogen-bond donors (Lipinski definition) is 0. The van der Waals surface area contributed by atoms with E-state index in [0.29, 0.717) is 28.9 Å². The summed E-state index contributed by atoms with van der Waals surface area (Å²) in [7, 11) is 1.37. The molecular formula is C25H27F3O. The molecule has 1 nitrogen and oxygen atoms in total. The highest BCUT2D eigenvalue weighted by Gasteiger charge is 2.36. The number of ether oxygens (including phenoxy) is 1. The van der Waals surface area contributed by atoms with E-state index in [-0.39, 0.29) is 17.2 Å². The maximum absolute atomic E-state index is 15.0. The Labute approximate surface area is 170 Å². The number of rotatable bonds is 4. The minimum atomic E-state index is -0.899. The normalized spacial score (nSPS) is 26.6. The smallest absolute Gasteiger partial charge is 0.166 e. The molecule has 4 heteroatoms. The van der Waals surface area contributed by atoms with E-state index < -0.39 is 17.5 Å². The summed E-state index contributed by atoms with van der Waals surface area (Å²) in [5.74, 6) is -0.290. The summed E-state index contributed by atoms with van der Waals surface area (Å²) in [4.78, 5) is 0. The van der Waals surface area contributed by atoms with E-state index in [9.17, 15) is 8.78 Å². The van der Waals surface area contributed by atoms with E-state index >= 15 is 4.39 Å². The van der Waals surface area contributed by atoms with Crippen LogP contribution in [0.15, 0.2) is 43.0 Å². The molecule has 4 rings (SSSR count). The quantitative estimate of drug-likeness (QED) is 0.491. The maximum Gasteiger partial charge on any atom is 0.166 e. The lowest BCUT2D eigenvalue weighted by Gasteiger charge is -2.41. The van der Waals surface area contributed by atoms with Crippen molar-refractivity contribution in [1.82, 2.24) is 0 Å². The molecule has 4 atom stereocenters. The molecule has 0 heterocycles. The first kappa shape index (κ1) is 20.1. The van der Waals surface area contributed by atoms with Crippen LogP contribution in [-0.4, -0.2) is 7.11 Å². The fourth-order valence-corrected chi connectivity index (χ4v) is 5.36. The van der Waals surface area contributed by atoms with Gasteiger partial charge < -0.3 is 4.74 Å². The van der Waals surface area contributed by atoms with Crippen molar-refractivity contribution in [2.45, 2.75) is 44.4 Å². The third kappa shape index (κ3) is 3.82. The van der Waals surface area contributed by atoms with Crippen LogP contribution in [0.1, 0.15) is 50.0 Å². The molecule has 0 radical (unpaired) electrons. The van der Waals surface area contributed by atoms with Gasteiger partial charge in [-0.15, -0.1) is 6.58 Å². The van der Waals surface area contributed by atoms with Crippen molar-refractivity contribution < 1.29 is 17.9 Å². The van der Waals surface area contributed by atoms with Crippen LogP contribution in [0, 0.1) is 35.2 Å². The number of benzene rings is 2. The number of halogens is 3. The van der Waals surface area contributed by atoms with Crippen LogP contribution in [0.3, 0.4) is 0 Å². The summed E-state index contributed by atoms with van der Waals surface area (Å²) < 4.78 is 48.8. The zero-order valence-corrected chi connectivity index (χ0v) is 16.8. The van der Waals surface area contributed by atoms with Crippen LogP contribution in [0.5, 0.6) is 5.75 Å². The Morgan fingerprint density at radius 3 is 2.41 bits per heavy atom. The van der Waals surface area contributed by atoms with E-state index in [4.69, 9.17) is 4.74 Å². The first-order valence-electron chi connectivity index (χ1n) is 10.5. The summed E-state index contributed by atoms with van der Waals surface area (Å²) in [5.41, 5.74) is 0.843.